The van der Waals surface area contributed by atoms with Gasteiger partial charge in [0, 0.05) is 18.8 Å². The van der Waals surface area contributed by atoms with Gasteiger partial charge in [-0.2, -0.15) is 23.3 Å². The van der Waals surface area contributed by atoms with Gasteiger partial charge in [-0.25, -0.2) is 4.98 Å². The lowest BCUT2D eigenvalue weighted by molar-refractivity contribution is -0.141. The number of rotatable bonds is 4. The summed E-state index contributed by atoms with van der Waals surface area (Å²) in [5.41, 5.74) is -0.107. The van der Waals surface area contributed by atoms with Crippen LogP contribution in [0.5, 0.6) is 0 Å². The van der Waals surface area contributed by atoms with Crippen molar-refractivity contribution < 1.29 is 22.5 Å². The van der Waals surface area contributed by atoms with Crippen LogP contribution in [0.2, 0.25) is 0 Å². The normalized spacial score (nSPS) is 12.8. The zero-order valence-corrected chi connectivity index (χ0v) is 14.6. The molecule has 27 heavy (non-hydrogen) atoms. The summed E-state index contributed by atoms with van der Waals surface area (Å²) in [6.45, 7) is 3.39. The molecule has 8 nitrogen and oxygen atoms in total. The van der Waals surface area contributed by atoms with Crippen molar-refractivity contribution in [3.63, 3.8) is 0 Å². The van der Waals surface area contributed by atoms with Crippen LogP contribution in [0.25, 0.3) is 11.5 Å². The third-order valence-electron chi connectivity index (χ3n) is 3.68. The van der Waals surface area contributed by atoms with Crippen LogP contribution in [-0.2, 0) is 13.2 Å². The summed E-state index contributed by atoms with van der Waals surface area (Å²) in [5.74, 6) is -0.406. The van der Waals surface area contributed by atoms with E-state index in [1.807, 2.05) is 13.0 Å². The second-order valence-corrected chi connectivity index (χ2v) is 5.85. The van der Waals surface area contributed by atoms with Crippen molar-refractivity contribution in [3.8, 4) is 11.5 Å². The van der Waals surface area contributed by atoms with Crippen LogP contribution >= 0.6 is 0 Å². The topological polar surface area (TPSA) is 98.7 Å². The molecule has 1 N–H and O–H groups in total. The van der Waals surface area contributed by atoms with Crippen LogP contribution < -0.4 is 5.32 Å². The Kier molecular flexibility index (Phi) is 4.68. The molecule has 142 valence electrons. The van der Waals surface area contributed by atoms with E-state index in [1.54, 1.807) is 19.1 Å². The van der Waals surface area contributed by atoms with Crippen molar-refractivity contribution in [2.75, 3.05) is 0 Å². The average molecular weight is 380 g/mol. The minimum atomic E-state index is -4.63. The number of nitrogens with zero attached hydrogens (tertiary/aromatic N) is 5. The number of aryl methyl sites for hydroxylation is 2. The van der Waals surface area contributed by atoms with Gasteiger partial charge in [0.2, 0.25) is 11.7 Å². The fraction of sp³-hybridized carbons (Fsp3) is 0.312. The summed E-state index contributed by atoms with van der Waals surface area (Å²) in [5, 5.41) is 9.63. The quantitative estimate of drug-likeness (QED) is 0.747. The number of nitrogens with one attached hydrogen (secondary N) is 1. The predicted octanol–water partition coefficient (Wildman–Crippen LogP) is 2.68. The van der Waals surface area contributed by atoms with Gasteiger partial charge in [-0.05, 0) is 26.0 Å². The molecule has 3 aromatic heterocycles. The molecule has 3 aromatic rings. The molecule has 3 heterocycles. The largest absolute Gasteiger partial charge is 0.435 e. The minimum Gasteiger partial charge on any atom is -0.339 e. The lowest BCUT2D eigenvalue weighted by Crippen LogP contribution is -2.28. The van der Waals surface area contributed by atoms with Crippen LogP contribution in [0.1, 0.15) is 40.7 Å². The molecule has 0 saturated heterocycles. The Morgan fingerprint density at radius 1 is 1.30 bits per heavy atom. The highest BCUT2D eigenvalue weighted by Crippen LogP contribution is 2.28. The van der Waals surface area contributed by atoms with Crippen molar-refractivity contribution >= 4 is 5.91 Å². The Bertz CT molecular complexity index is 979. The molecule has 0 radical (unpaired) electrons. The predicted molar refractivity (Wildman–Crippen MR) is 86.4 cm³/mol. The van der Waals surface area contributed by atoms with Crippen LogP contribution in [0, 0.1) is 6.92 Å². The average Bonchev–Trinajstić information content (AvgIpc) is 3.21. The molecule has 3 rings (SSSR count). The first-order chi connectivity index (χ1) is 12.6. The van der Waals surface area contributed by atoms with E-state index in [2.05, 4.69) is 25.5 Å². The van der Waals surface area contributed by atoms with Crippen LogP contribution in [0.15, 0.2) is 28.8 Å². The summed E-state index contributed by atoms with van der Waals surface area (Å²) in [6.07, 6.45) is -4.63. The summed E-state index contributed by atoms with van der Waals surface area (Å²) in [7, 11) is 1.25. The van der Waals surface area contributed by atoms with Gasteiger partial charge < -0.3 is 9.84 Å². The highest BCUT2D eigenvalue weighted by molar-refractivity contribution is 5.92. The highest BCUT2D eigenvalue weighted by atomic mass is 19.4. The maximum Gasteiger partial charge on any atom is 0.435 e. The number of alkyl halides is 3. The van der Waals surface area contributed by atoms with Gasteiger partial charge in [-0.1, -0.05) is 11.2 Å². The molecule has 1 atom stereocenters. The molecular weight excluding hydrogens is 365 g/mol. The number of pyridine rings is 1. The number of hydrogen-bond donors (Lipinski definition) is 1. The van der Waals surface area contributed by atoms with E-state index in [1.165, 1.54) is 7.05 Å². The monoisotopic (exact) mass is 380 g/mol. The summed E-state index contributed by atoms with van der Waals surface area (Å²) >= 11 is 0. The fourth-order valence-corrected chi connectivity index (χ4v) is 2.33. The summed E-state index contributed by atoms with van der Waals surface area (Å²) in [6, 6.07) is 5.26. The lowest BCUT2D eigenvalue weighted by Gasteiger charge is -2.09. The van der Waals surface area contributed by atoms with Gasteiger partial charge in [0.05, 0.1) is 0 Å². The highest BCUT2D eigenvalue weighted by Gasteiger charge is 2.35. The van der Waals surface area contributed by atoms with Crippen LogP contribution in [-0.4, -0.2) is 30.8 Å². The summed E-state index contributed by atoms with van der Waals surface area (Å²) < 4.78 is 44.1. The molecule has 1 amide bonds. The number of hydrogen-bond acceptors (Lipinski definition) is 6. The van der Waals surface area contributed by atoms with Gasteiger partial charge in [-0.3, -0.25) is 9.48 Å². The fourth-order valence-electron chi connectivity index (χ4n) is 2.33. The molecule has 11 heteroatoms. The first kappa shape index (κ1) is 18.5. The molecule has 0 aliphatic carbocycles. The van der Waals surface area contributed by atoms with Crippen molar-refractivity contribution in [2.24, 2.45) is 7.05 Å². The lowest BCUT2D eigenvalue weighted by atomic mass is 10.2. The standard InChI is InChI=1S/C16H15F3N6O2/c1-8-5-4-6-10(20-8)13-22-15(27-24-13)9(2)21-14(26)11-7-12(16(17,18)19)23-25(11)3/h4-7,9H,1-3H3,(H,21,26)/t9-/m0/s1. The zero-order valence-electron chi connectivity index (χ0n) is 14.6. The number of aromatic nitrogens is 5. The molecule has 0 aliphatic heterocycles. The second-order valence-electron chi connectivity index (χ2n) is 5.85. The molecule has 0 bridgehead atoms. The molecule has 0 aliphatic rings. The van der Waals surface area contributed by atoms with Gasteiger partial charge in [0.1, 0.15) is 17.4 Å². The van der Waals surface area contributed by atoms with Crippen molar-refractivity contribution in [2.45, 2.75) is 26.1 Å². The molecule has 0 aromatic carbocycles. The van der Waals surface area contributed by atoms with Gasteiger partial charge in [0.25, 0.3) is 5.91 Å². The summed E-state index contributed by atoms with van der Waals surface area (Å²) in [4.78, 5) is 20.7. The minimum absolute atomic E-state index is 0.0971. The van der Waals surface area contributed by atoms with Crippen molar-refractivity contribution in [1.82, 2.24) is 30.2 Å². The Hall–Kier alpha value is -3.24. The van der Waals surface area contributed by atoms with E-state index in [4.69, 9.17) is 4.52 Å². The zero-order chi connectivity index (χ0) is 19.8. The SMILES string of the molecule is Cc1cccc(-c2noc([C@H](C)NC(=O)c3cc(C(F)(F)F)nn3C)n2)n1. The smallest absolute Gasteiger partial charge is 0.339 e. The molecule has 0 saturated carbocycles. The van der Waals surface area contributed by atoms with E-state index in [-0.39, 0.29) is 17.4 Å². The maximum absolute atomic E-state index is 12.7. The van der Waals surface area contributed by atoms with E-state index in [9.17, 15) is 18.0 Å². The van der Waals surface area contributed by atoms with Gasteiger partial charge in [0.15, 0.2) is 5.69 Å². The number of carbonyl (C=O) groups excluding carboxylic acids is 1. The molecule has 0 spiro atoms. The Morgan fingerprint density at radius 2 is 2.04 bits per heavy atom. The van der Waals surface area contributed by atoms with Crippen LogP contribution in [0.3, 0.4) is 0 Å². The van der Waals surface area contributed by atoms with E-state index in [0.717, 1.165) is 10.4 Å². The maximum atomic E-state index is 12.7. The Balaban J connectivity index is 1.75. The van der Waals surface area contributed by atoms with E-state index < -0.39 is 23.8 Å². The number of amides is 1. The second kappa shape index (κ2) is 6.82. The number of carbonyl (C=O) groups is 1. The van der Waals surface area contributed by atoms with E-state index >= 15 is 0 Å². The van der Waals surface area contributed by atoms with Crippen molar-refractivity contribution in [1.29, 1.82) is 0 Å². The van der Waals surface area contributed by atoms with Gasteiger partial charge in [-0.15, -0.1) is 0 Å². The van der Waals surface area contributed by atoms with Crippen molar-refractivity contribution in [3.05, 3.63) is 47.2 Å². The number of halogens is 3. The van der Waals surface area contributed by atoms with E-state index in [0.29, 0.717) is 11.8 Å². The Labute approximate surface area is 151 Å². The third-order valence-corrected chi connectivity index (χ3v) is 3.68. The third kappa shape index (κ3) is 3.96. The first-order valence-electron chi connectivity index (χ1n) is 7.85. The van der Waals surface area contributed by atoms with Crippen LogP contribution in [0.4, 0.5) is 13.2 Å². The van der Waals surface area contributed by atoms with Gasteiger partial charge >= 0.3 is 6.18 Å². The first-order valence-corrected chi connectivity index (χ1v) is 7.85. The molecule has 0 fully saturated rings. The molecular formula is C16H15F3N6O2. The molecule has 0 unspecified atom stereocenters. The Morgan fingerprint density at radius 3 is 2.67 bits per heavy atom.